The minimum Gasteiger partial charge on any atom is -0.465 e. The largest absolute Gasteiger partial charge is 0.465 e. The first-order chi connectivity index (χ1) is 21.6. The van der Waals surface area contributed by atoms with E-state index in [1.807, 2.05) is 24.3 Å². The van der Waals surface area contributed by atoms with Gasteiger partial charge in [0, 0.05) is 39.3 Å². The van der Waals surface area contributed by atoms with Crippen LogP contribution in [0.5, 0.6) is 0 Å². The zero-order valence-corrected chi connectivity index (χ0v) is 26.9. The Hall–Kier alpha value is -2.78. The molecule has 4 fully saturated rings. The van der Waals surface area contributed by atoms with Crippen LogP contribution in [-0.2, 0) is 22.6 Å². The van der Waals surface area contributed by atoms with Gasteiger partial charge in [-0.1, -0.05) is 49.9 Å². The molecular weight excluding hydrogens is 552 g/mol. The summed E-state index contributed by atoms with van der Waals surface area (Å²) in [6.45, 7) is 9.32. The van der Waals surface area contributed by atoms with Crippen molar-refractivity contribution in [3.05, 3.63) is 70.8 Å². The van der Waals surface area contributed by atoms with E-state index >= 15 is 0 Å². The highest BCUT2D eigenvalue weighted by atomic mass is 16.5. The minimum absolute atomic E-state index is 0.264. The molecule has 2 aromatic carbocycles. The van der Waals surface area contributed by atoms with Crippen molar-refractivity contribution in [2.24, 2.45) is 0 Å². The Morgan fingerprint density at radius 1 is 0.545 bits per heavy atom. The number of methoxy groups -OCH3 is 2. The van der Waals surface area contributed by atoms with Gasteiger partial charge in [0.2, 0.25) is 0 Å². The van der Waals surface area contributed by atoms with Crippen molar-refractivity contribution in [1.29, 1.82) is 0 Å². The Bertz CT molecular complexity index is 1090. The van der Waals surface area contributed by atoms with Gasteiger partial charge in [0.25, 0.3) is 0 Å². The van der Waals surface area contributed by atoms with Gasteiger partial charge in [-0.2, -0.15) is 0 Å². The van der Waals surface area contributed by atoms with Crippen LogP contribution in [0, 0.1) is 0 Å². The molecule has 240 valence electrons. The number of benzene rings is 2. The van der Waals surface area contributed by atoms with Crippen molar-refractivity contribution >= 4 is 11.9 Å². The third kappa shape index (κ3) is 8.68. The maximum Gasteiger partial charge on any atom is 0.337 e. The van der Waals surface area contributed by atoms with E-state index in [0.29, 0.717) is 23.5 Å². The molecule has 0 radical (unpaired) electrons. The van der Waals surface area contributed by atoms with Gasteiger partial charge in [-0.05, 0) is 87.0 Å². The van der Waals surface area contributed by atoms with Crippen molar-refractivity contribution in [3.8, 4) is 0 Å². The molecule has 4 heterocycles. The first-order valence-electron chi connectivity index (χ1n) is 16.9. The molecule has 8 nitrogen and oxygen atoms in total. The third-order valence-corrected chi connectivity index (χ3v) is 9.80. The van der Waals surface area contributed by atoms with E-state index in [-0.39, 0.29) is 11.9 Å². The molecule has 0 bridgehead atoms. The molecule has 2 atom stereocenters. The average Bonchev–Trinajstić information content (AvgIpc) is 3.47. The number of nitrogens with zero attached hydrogens (tertiary/aromatic N) is 4. The molecule has 4 aliphatic heterocycles. The second-order valence-corrected chi connectivity index (χ2v) is 12.8. The Morgan fingerprint density at radius 3 is 1.32 bits per heavy atom. The molecule has 0 amide bonds. The number of ether oxygens (including phenoxy) is 2. The van der Waals surface area contributed by atoms with Crippen molar-refractivity contribution in [3.63, 3.8) is 0 Å². The number of esters is 2. The van der Waals surface area contributed by atoms with Gasteiger partial charge < -0.3 is 9.47 Å². The highest BCUT2D eigenvalue weighted by Crippen LogP contribution is 2.27. The molecule has 0 N–H and O–H groups in total. The fourth-order valence-electron chi connectivity index (χ4n) is 7.47. The van der Waals surface area contributed by atoms with E-state index in [2.05, 4.69) is 43.9 Å². The lowest BCUT2D eigenvalue weighted by atomic mass is 10.1. The zero-order valence-electron chi connectivity index (χ0n) is 26.9. The predicted molar refractivity (Wildman–Crippen MR) is 173 cm³/mol. The van der Waals surface area contributed by atoms with Crippen LogP contribution in [0.4, 0.5) is 0 Å². The van der Waals surface area contributed by atoms with Crippen LogP contribution in [-0.4, -0.2) is 97.4 Å². The molecule has 2 aromatic rings. The van der Waals surface area contributed by atoms with E-state index in [9.17, 15) is 9.59 Å². The molecule has 8 heteroatoms. The maximum atomic E-state index is 11.5. The van der Waals surface area contributed by atoms with E-state index in [1.165, 1.54) is 129 Å². The Balaban J connectivity index is 0.000000175. The van der Waals surface area contributed by atoms with Crippen LogP contribution in [0.15, 0.2) is 48.5 Å². The predicted octanol–water partition coefficient (Wildman–Crippen LogP) is 5.76. The Morgan fingerprint density at radius 2 is 0.932 bits per heavy atom. The summed E-state index contributed by atoms with van der Waals surface area (Å²) in [5.41, 5.74) is 3.81. The molecule has 0 saturated carbocycles. The number of carbonyl (C=O) groups excluding carboxylic acids is 2. The number of rotatable bonds is 6. The lowest BCUT2D eigenvalue weighted by Gasteiger charge is -2.43. The summed E-state index contributed by atoms with van der Waals surface area (Å²) < 4.78 is 9.51. The second-order valence-electron chi connectivity index (χ2n) is 12.8. The number of fused-ring (bicyclic) bond motifs is 2. The maximum absolute atomic E-state index is 11.5. The topological polar surface area (TPSA) is 65.6 Å². The van der Waals surface area contributed by atoms with Crippen LogP contribution in [0.25, 0.3) is 0 Å². The third-order valence-electron chi connectivity index (χ3n) is 9.80. The van der Waals surface area contributed by atoms with Crippen LogP contribution in [0.2, 0.25) is 0 Å². The molecular formula is C36H52N4O4. The lowest BCUT2D eigenvalue weighted by Crippen LogP contribution is -2.52. The Labute approximate surface area is 264 Å². The summed E-state index contributed by atoms with van der Waals surface area (Å²) in [6, 6.07) is 15.7. The monoisotopic (exact) mass is 604 g/mol. The lowest BCUT2D eigenvalue weighted by molar-refractivity contribution is -0.000354. The second kappa shape index (κ2) is 16.5. The van der Waals surface area contributed by atoms with E-state index in [0.717, 1.165) is 13.1 Å². The van der Waals surface area contributed by atoms with Gasteiger partial charge in [-0.3, -0.25) is 19.6 Å². The van der Waals surface area contributed by atoms with E-state index in [1.54, 1.807) is 0 Å². The summed E-state index contributed by atoms with van der Waals surface area (Å²) in [6.07, 6.45) is 14.4. The van der Waals surface area contributed by atoms with Crippen LogP contribution >= 0.6 is 0 Å². The van der Waals surface area contributed by atoms with Crippen LogP contribution in [0.3, 0.4) is 0 Å². The standard InChI is InChI=1S/2C18H26N2O2/c2*1-22-18(21)16-9-7-15(8-10-16)14-20-13-5-12-19-11-4-2-3-6-17(19)20/h2*7-10,17H,2-6,11-14H2,1H3. The summed E-state index contributed by atoms with van der Waals surface area (Å²) in [5.74, 6) is -0.529. The molecule has 0 spiro atoms. The smallest absolute Gasteiger partial charge is 0.337 e. The molecule has 2 unspecified atom stereocenters. The quantitative estimate of drug-likeness (QED) is 0.386. The summed E-state index contributed by atoms with van der Waals surface area (Å²) >= 11 is 0. The molecule has 0 aromatic heterocycles. The van der Waals surface area contributed by atoms with Gasteiger partial charge >= 0.3 is 11.9 Å². The highest BCUT2D eigenvalue weighted by molar-refractivity contribution is 5.89. The van der Waals surface area contributed by atoms with Gasteiger partial charge in [-0.15, -0.1) is 0 Å². The number of hydrogen-bond donors (Lipinski definition) is 0. The first-order valence-corrected chi connectivity index (χ1v) is 16.9. The normalized spacial score (nSPS) is 23.6. The van der Waals surface area contributed by atoms with Gasteiger partial charge in [-0.25, -0.2) is 9.59 Å². The molecule has 0 aliphatic carbocycles. The number of carbonyl (C=O) groups is 2. The number of hydrogen-bond acceptors (Lipinski definition) is 8. The Kier molecular flexibility index (Phi) is 12.2. The minimum atomic E-state index is -0.264. The van der Waals surface area contributed by atoms with Gasteiger partial charge in [0.05, 0.1) is 37.7 Å². The summed E-state index contributed by atoms with van der Waals surface area (Å²) in [7, 11) is 2.84. The fourth-order valence-corrected chi connectivity index (χ4v) is 7.47. The zero-order chi connectivity index (χ0) is 30.7. The molecule has 4 saturated heterocycles. The molecule has 4 aliphatic rings. The van der Waals surface area contributed by atoms with Crippen molar-refractivity contribution in [1.82, 2.24) is 19.6 Å². The van der Waals surface area contributed by atoms with Crippen molar-refractivity contribution in [2.45, 2.75) is 89.6 Å². The SMILES string of the molecule is COC(=O)c1ccc(CN2CCCN3CCCCCC32)cc1.COC(=O)c1ccc(CN2CCCN3CCCCCC32)cc1. The van der Waals surface area contributed by atoms with Crippen molar-refractivity contribution < 1.29 is 19.1 Å². The first kappa shape index (κ1) is 32.6. The average molecular weight is 605 g/mol. The highest BCUT2D eigenvalue weighted by Gasteiger charge is 2.31. The fraction of sp³-hybridized carbons (Fsp3) is 0.611. The van der Waals surface area contributed by atoms with Gasteiger partial charge in [0.1, 0.15) is 0 Å². The molecule has 6 rings (SSSR count). The van der Waals surface area contributed by atoms with Crippen LogP contribution in [0.1, 0.15) is 96.1 Å². The summed E-state index contributed by atoms with van der Waals surface area (Å²) in [5, 5.41) is 0. The van der Waals surface area contributed by atoms with Crippen molar-refractivity contribution in [2.75, 3.05) is 53.5 Å². The summed E-state index contributed by atoms with van der Waals surface area (Å²) in [4.78, 5) is 33.6. The van der Waals surface area contributed by atoms with E-state index < -0.39 is 0 Å². The molecule has 44 heavy (non-hydrogen) atoms. The van der Waals surface area contributed by atoms with Crippen LogP contribution < -0.4 is 0 Å². The van der Waals surface area contributed by atoms with E-state index in [4.69, 9.17) is 9.47 Å². The van der Waals surface area contributed by atoms with Gasteiger partial charge in [0.15, 0.2) is 0 Å².